The molecule has 4 rings (SSSR count). The lowest BCUT2D eigenvalue weighted by Gasteiger charge is -2.38. The number of hydrogen-bond donors (Lipinski definition) is 1. The lowest BCUT2D eigenvalue weighted by molar-refractivity contribution is 0.424. The lowest BCUT2D eigenvalue weighted by Crippen LogP contribution is -2.29. The third-order valence-electron chi connectivity index (χ3n) is 4.69. The molecule has 0 fully saturated rings. The van der Waals surface area contributed by atoms with Gasteiger partial charge in [-0.15, -0.1) is 0 Å². The quantitative estimate of drug-likeness (QED) is 0.441. The summed E-state index contributed by atoms with van der Waals surface area (Å²) in [7, 11) is 0. The van der Waals surface area contributed by atoms with Crippen LogP contribution in [-0.2, 0) is 0 Å². The SMILES string of the molecule is Fc1cccc([C@@H]2Nc3c(Cl)cc(Cl)c(Cl)c3[C@@H]3C=CC[C@H]32)c1. The Labute approximate surface area is 149 Å². The van der Waals surface area contributed by atoms with E-state index in [0.717, 1.165) is 23.2 Å². The monoisotopic (exact) mass is 367 g/mol. The maximum atomic E-state index is 13.7. The van der Waals surface area contributed by atoms with Crippen LogP contribution in [-0.4, -0.2) is 0 Å². The summed E-state index contributed by atoms with van der Waals surface area (Å²) in [5, 5.41) is 5.00. The van der Waals surface area contributed by atoms with Crippen LogP contribution in [0.5, 0.6) is 0 Å². The maximum absolute atomic E-state index is 13.7. The molecule has 0 saturated carbocycles. The molecule has 1 aliphatic heterocycles. The summed E-state index contributed by atoms with van der Waals surface area (Å²) in [5.74, 6) is 0.150. The van der Waals surface area contributed by atoms with E-state index in [9.17, 15) is 4.39 Å². The minimum Gasteiger partial charge on any atom is -0.376 e. The van der Waals surface area contributed by atoms with Gasteiger partial charge in [-0.3, -0.25) is 0 Å². The third kappa shape index (κ3) is 2.44. The van der Waals surface area contributed by atoms with Crippen LogP contribution >= 0.6 is 34.8 Å². The molecule has 118 valence electrons. The second-order valence-corrected chi connectivity index (χ2v) is 7.17. The summed E-state index contributed by atoms with van der Waals surface area (Å²) >= 11 is 19.0. The molecule has 2 aromatic carbocycles. The zero-order chi connectivity index (χ0) is 16.1. The van der Waals surface area contributed by atoms with Gasteiger partial charge in [-0.1, -0.05) is 59.1 Å². The van der Waals surface area contributed by atoms with Gasteiger partial charge in [0.25, 0.3) is 0 Å². The van der Waals surface area contributed by atoms with Gasteiger partial charge in [-0.05, 0) is 36.1 Å². The van der Waals surface area contributed by atoms with Crippen molar-refractivity contribution in [3.05, 3.63) is 74.5 Å². The van der Waals surface area contributed by atoms with Crippen LogP contribution in [0, 0.1) is 11.7 Å². The minimum absolute atomic E-state index is 0.0204. The molecule has 3 atom stereocenters. The predicted octanol–water partition coefficient (Wildman–Crippen LogP) is 6.61. The molecular formula is C18H13Cl3FN. The van der Waals surface area contributed by atoms with Crippen LogP contribution in [0.1, 0.15) is 29.5 Å². The highest BCUT2D eigenvalue weighted by atomic mass is 35.5. The van der Waals surface area contributed by atoms with E-state index in [2.05, 4.69) is 17.5 Å². The van der Waals surface area contributed by atoms with Gasteiger partial charge in [0.05, 0.1) is 26.8 Å². The molecule has 1 aliphatic carbocycles. The Balaban J connectivity index is 1.88. The van der Waals surface area contributed by atoms with Gasteiger partial charge in [0, 0.05) is 11.5 Å². The Kier molecular flexibility index (Phi) is 3.79. The highest BCUT2D eigenvalue weighted by Gasteiger charge is 2.40. The number of benzene rings is 2. The van der Waals surface area contributed by atoms with Crippen LogP contribution in [0.4, 0.5) is 10.1 Å². The Morgan fingerprint density at radius 2 is 1.91 bits per heavy atom. The Morgan fingerprint density at radius 3 is 2.70 bits per heavy atom. The van der Waals surface area contributed by atoms with Gasteiger partial charge >= 0.3 is 0 Å². The largest absolute Gasteiger partial charge is 0.376 e. The molecule has 5 heteroatoms. The van der Waals surface area contributed by atoms with E-state index in [1.807, 2.05) is 6.07 Å². The van der Waals surface area contributed by atoms with E-state index in [-0.39, 0.29) is 23.7 Å². The van der Waals surface area contributed by atoms with Crippen molar-refractivity contribution in [3.63, 3.8) is 0 Å². The predicted molar refractivity (Wildman–Crippen MR) is 94.2 cm³/mol. The molecule has 0 unspecified atom stereocenters. The van der Waals surface area contributed by atoms with Gasteiger partial charge in [0.15, 0.2) is 0 Å². The van der Waals surface area contributed by atoms with Crippen LogP contribution in [0.25, 0.3) is 0 Å². The third-order valence-corrected chi connectivity index (χ3v) is 5.79. The molecule has 0 amide bonds. The number of allylic oxidation sites excluding steroid dienone is 2. The number of rotatable bonds is 1. The first-order chi connectivity index (χ1) is 11.1. The maximum Gasteiger partial charge on any atom is 0.123 e. The van der Waals surface area contributed by atoms with Crippen molar-refractivity contribution in [1.29, 1.82) is 0 Å². The summed E-state index contributed by atoms with van der Waals surface area (Å²) in [6, 6.07) is 8.33. The molecule has 2 aliphatic rings. The first kappa shape index (κ1) is 15.3. The Morgan fingerprint density at radius 1 is 1.09 bits per heavy atom. The smallest absolute Gasteiger partial charge is 0.123 e. The first-order valence-corrected chi connectivity index (χ1v) is 8.55. The fourth-order valence-corrected chi connectivity index (χ4v) is 4.50. The second-order valence-electron chi connectivity index (χ2n) is 5.97. The number of fused-ring (bicyclic) bond motifs is 3. The van der Waals surface area contributed by atoms with Crippen LogP contribution in [0.2, 0.25) is 15.1 Å². The standard InChI is InChI=1S/C18H13Cl3FN/c19-13-8-14(20)18-15(16(13)21)11-5-2-6-12(11)17(23-18)9-3-1-4-10(22)7-9/h1-5,7-8,11-12,17,23H,6H2/t11-,12-,17+/m1/s1. The highest BCUT2D eigenvalue weighted by molar-refractivity contribution is 6.44. The number of halogens is 4. The summed E-state index contributed by atoms with van der Waals surface area (Å²) in [6.07, 6.45) is 5.19. The van der Waals surface area contributed by atoms with Crippen molar-refractivity contribution in [3.8, 4) is 0 Å². The van der Waals surface area contributed by atoms with E-state index in [4.69, 9.17) is 34.8 Å². The molecule has 23 heavy (non-hydrogen) atoms. The van der Waals surface area contributed by atoms with Crippen molar-refractivity contribution in [2.24, 2.45) is 5.92 Å². The topological polar surface area (TPSA) is 12.0 Å². The summed E-state index contributed by atoms with van der Waals surface area (Å²) in [5.41, 5.74) is 2.65. The molecule has 1 heterocycles. The molecule has 0 radical (unpaired) electrons. The molecule has 2 aromatic rings. The first-order valence-electron chi connectivity index (χ1n) is 7.42. The van der Waals surface area contributed by atoms with Crippen molar-refractivity contribution in [2.45, 2.75) is 18.4 Å². The molecule has 0 spiro atoms. The molecule has 1 nitrogen and oxygen atoms in total. The average Bonchev–Trinajstić information content (AvgIpc) is 3.00. The summed E-state index contributed by atoms with van der Waals surface area (Å²) in [4.78, 5) is 0. The van der Waals surface area contributed by atoms with Gasteiger partial charge in [0.2, 0.25) is 0 Å². The van der Waals surface area contributed by atoms with E-state index in [1.54, 1.807) is 18.2 Å². The Bertz CT molecular complexity index is 818. The second kappa shape index (κ2) is 5.70. The highest BCUT2D eigenvalue weighted by Crippen LogP contribution is 2.54. The van der Waals surface area contributed by atoms with Crippen molar-refractivity contribution >= 4 is 40.5 Å². The minimum atomic E-state index is -0.238. The van der Waals surface area contributed by atoms with E-state index >= 15 is 0 Å². The van der Waals surface area contributed by atoms with Crippen molar-refractivity contribution in [2.75, 3.05) is 5.32 Å². The van der Waals surface area contributed by atoms with Crippen molar-refractivity contribution < 1.29 is 4.39 Å². The van der Waals surface area contributed by atoms with Gasteiger partial charge in [-0.25, -0.2) is 4.39 Å². The van der Waals surface area contributed by atoms with Crippen LogP contribution < -0.4 is 5.32 Å². The fourth-order valence-electron chi connectivity index (χ4n) is 3.69. The number of nitrogens with one attached hydrogen (secondary N) is 1. The van der Waals surface area contributed by atoms with Crippen molar-refractivity contribution in [1.82, 2.24) is 0 Å². The van der Waals surface area contributed by atoms with Crippen LogP contribution in [0.3, 0.4) is 0 Å². The number of hydrogen-bond acceptors (Lipinski definition) is 1. The molecule has 1 N–H and O–H groups in total. The lowest BCUT2D eigenvalue weighted by atomic mass is 9.77. The number of anilines is 1. The van der Waals surface area contributed by atoms with Gasteiger partial charge in [-0.2, -0.15) is 0 Å². The van der Waals surface area contributed by atoms with Crippen LogP contribution in [0.15, 0.2) is 42.5 Å². The van der Waals surface area contributed by atoms with E-state index in [0.29, 0.717) is 15.1 Å². The fraction of sp³-hybridized carbons (Fsp3) is 0.222. The Hall–Kier alpha value is -1.22. The molecule has 0 bridgehead atoms. The normalized spacial score (nSPS) is 25.0. The van der Waals surface area contributed by atoms with E-state index in [1.165, 1.54) is 6.07 Å². The zero-order valence-electron chi connectivity index (χ0n) is 12.0. The average molecular weight is 369 g/mol. The molecule has 0 aromatic heterocycles. The van der Waals surface area contributed by atoms with Gasteiger partial charge < -0.3 is 5.32 Å². The van der Waals surface area contributed by atoms with E-state index < -0.39 is 0 Å². The summed E-state index contributed by atoms with van der Waals surface area (Å²) < 4.78 is 13.7. The summed E-state index contributed by atoms with van der Waals surface area (Å²) in [6.45, 7) is 0. The molecule has 0 saturated heterocycles. The van der Waals surface area contributed by atoms with Gasteiger partial charge in [0.1, 0.15) is 5.82 Å². The molecular weight excluding hydrogens is 356 g/mol. The zero-order valence-corrected chi connectivity index (χ0v) is 14.3.